The zero-order valence-corrected chi connectivity index (χ0v) is 46.5. The molecular weight excluding hydrogens is 1020 g/mol. The number of nitrogens with zero attached hydrogens (tertiary/aromatic N) is 6. The number of anilines is 6. The Hall–Kier alpha value is -7.16. The van der Waals surface area contributed by atoms with E-state index >= 15 is 0 Å². The van der Waals surface area contributed by atoms with E-state index < -0.39 is 28.0 Å². The first-order valence-electron chi connectivity index (χ1n) is 26.4. The van der Waals surface area contributed by atoms with Gasteiger partial charge in [-0.25, -0.2) is 0 Å². The molecule has 4 heterocycles. The van der Waals surface area contributed by atoms with E-state index in [2.05, 4.69) is 6.92 Å². The van der Waals surface area contributed by atoms with Crippen LogP contribution in [0.3, 0.4) is 0 Å². The van der Waals surface area contributed by atoms with Crippen LogP contribution in [-0.4, -0.2) is 69.4 Å². The second-order valence-corrected chi connectivity index (χ2v) is 27.2. The summed E-state index contributed by atoms with van der Waals surface area (Å²) in [6, 6.07) is 62.5. The lowest BCUT2D eigenvalue weighted by Gasteiger charge is -2.37. The molecule has 0 amide bonds. The summed E-state index contributed by atoms with van der Waals surface area (Å²) in [5.41, 5.74) is 4.56. The largest absolute Gasteiger partial charge is 0.468 e. The van der Waals surface area contributed by atoms with E-state index in [1.54, 1.807) is 18.4 Å². The molecule has 0 radical (unpaired) electrons. The predicted octanol–water partition coefficient (Wildman–Crippen LogP) is 14.8. The van der Waals surface area contributed by atoms with Crippen LogP contribution < -0.4 is 28.0 Å². The van der Waals surface area contributed by atoms with E-state index in [0.717, 1.165) is 65.8 Å². The molecule has 0 aliphatic carbocycles. The number of carbonyl (C=O) groups is 3. The third-order valence-electron chi connectivity index (χ3n) is 14.2. The van der Waals surface area contributed by atoms with Crippen molar-refractivity contribution in [1.29, 1.82) is 0 Å². The second-order valence-electron chi connectivity index (χ2n) is 18.8. The van der Waals surface area contributed by atoms with Gasteiger partial charge in [-0.2, -0.15) is 0 Å². The molecule has 16 heteroatoms. The van der Waals surface area contributed by atoms with E-state index in [-0.39, 0.29) is 24.2 Å². The maximum atomic E-state index is 14.7. The number of allylic oxidation sites excluding steroid dienone is 2. The molecule has 3 atom stereocenters. The van der Waals surface area contributed by atoms with E-state index in [1.807, 2.05) is 229 Å². The average Bonchev–Trinajstić information content (AvgIpc) is 4.30. The molecule has 3 unspecified atom stereocenters. The zero-order chi connectivity index (χ0) is 54.1. The van der Waals surface area contributed by atoms with Crippen LogP contribution >= 0.6 is 22.3 Å². The van der Waals surface area contributed by atoms with Gasteiger partial charge < -0.3 is 46.8 Å². The summed E-state index contributed by atoms with van der Waals surface area (Å²) < 4.78 is 61.1. The minimum absolute atomic E-state index is 0.136. The molecule has 13 nitrogen and oxygen atoms in total. The molecule has 1 aromatic heterocycles. The second kappa shape index (κ2) is 26.7. The first-order chi connectivity index (χ1) is 37.7. The molecule has 3 aliphatic heterocycles. The molecule has 10 rings (SSSR count). The fraction of sp³-hybridized carbons (Fsp3) is 0.262. The minimum atomic E-state index is -3.21. The summed E-state index contributed by atoms with van der Waals surface area (Å²) in [6.07, 6.45) is 10.4. The highest BCUT2D eigenvalue weighted by Gasteiger charge is 2.52. The summed E-state index contributed by atoms with van der Waals surface area (Å²) in [5, 5.41) is 0. The van der Waals surface area contributed by atoms with Gasteiger partial charge in [-0.05, 0) is 98.3 Å². The number of benzene rings is 6. The van der Waals surface area contributed by atoms with Crippen molar-refractivity contribution in [2.45, 2.75) is 62.9 Å². The number of rotatable bonds is 19. The number of carbonyl (C=O) groups excluding carboxylic acids is 3. The Kier molecular flexibility index (Phi) is 19.5. The summed E-state index contributed by atoms with van der Waals surface area (Å²) >= 11 is 0. The average molecular weight is 1090 g/mol. The highest BCUT2D eigenvalue weighted by Crippen LogP contribution is 2.70. The van der Waals surface area contributed by atoms with Gasteiger partial charge in [0.05, 0.1) is 17.6 Å². The highest BCUT2D eigenvalue weighted by atomic mass is 31.2. The normalized spacial score (nSPS) is 17.4. The van der Waals surface area contributed by atoms with Crippen LogP contribution in [0.1, 0.15) is 57.4 Å². The molecule has 400 valence electrons. The molecule has 0 spiro atoms. The van der Waals surface area contributed by atoms with Gasteiger partial charge in [-0.1, -0.05) is 135 Å². The van der Waals surface area contributed by atoms with Gasteiger partial charge in [0.1, 0.15) is 30.3 Å². The number of para-hydroxylation sites is 6. The molecule has 0 bridgehead atoms. The van der Waals surface area contributed by atoms with E-state index in [4.69, 9.17) is 4.42 Å². The van der Waals surface area contributed by atoms with Crippen LogP contribution in [0.15, 0.2) is 217 Å². The fourth-order valence-corrected chi connectivity index (χ4v) is 21.3. The lowest BCUT2D eigenvalue weighted by atomic mass is 10.2. The van der Waals surface area contributed by atoms with Crippen molar-refractivity contribution >= 4 is 75.3 Å². The van der Waals surface area contributed by atoms with Crippen molar-refractivity contribution in [1.82, 2.24) is 0 Å². The molecule has 77 heavy (non-hydrogen) atoms. The van der Waals surface area contributed by atoms with Crippen LogP contribution in [0.4, 0.5) is 34.1 Å². The van der Waals surface area contributed by atoms with Gasteiger partial charge in [-0.15, -0.1) is 0 Å². The first-order valence-corrected chi connectivity index (χ1v) is 31.5. The molecular formula is C61H69N6O7P3. The number of hydrogen-bond acceptors (Lipinski definition) is 7. The maximum Gasteiger partial charge on any atom is 0.274 e. The minimum Gasteiger partial charge on any atom is -0.468 e. The first kappa shape index (κ1) is 56.1. The van der Waals surface area contributed by atoms with Crippen molar-refractivity contribution in [3.05, 3.63) is 218 Å². The Balaban J connectivity index is 0.000000153. The third-order valence-corrected chi connectivity index (χ3v) is 24.9. The maximum absolute atomic E-state index is 14.7. The topological polar surface area (TPSA) is 135 Å². The van der Waals surface area contributed by atoms with Crippen LogP contribution in [0, 0.1) is 0 Å². The zero-order valence-electron chi connectivity index (χ0n) is 43.8. The van der Waals surface area contributed by atoms with Crippen LogP contribution in [0.5, 0.6) is 0 Å². The fourth-order valence-electron chi connectivity index (χ4n) is 10.8. The Morgan fingerprint density at radius 3 is 1.04 bits per heavy atom. The lowest BCUT2D eigenvalue weighted by molar-refractivity contribution is -0.108. The van der Waals surface area contributed by atoms with Crippen molar-refractivity contribution in [3.63, 3.8) is 0 Å². The number of aldehydes is 3. The van der Waals surface area contributed by atoms with Crippen molar-refractivity contribution in [3.8, 4) is 0 Å². The standard InChI is InChI=1S/C21H21N2O3P.C20H25N2O2P.C20H23N2O2P/c24-16-13-21(20-12-7-17-26-20)27(25)22(18-8-3-1-4-9-18)14-15-23(27)19-10-5-2-6-11-19;2*1-2-9-20(14-17-23)25(24)21(18-10-5-3-6-11-18)15-16-22(25)19-12-7-4-8-13-19/h1-12,16-17,21H,13-15H2;3-8,10-13,17,20H,2,9,14-16H2,1H3;2-13,17,20H,14-16H2,1H3/b;;9-2+. The predicted molar refractivity (Wildman–Crippen MR) is 316 cm³/mol. The molecule has 3 aliphatic rings. The smallest absolute Gasteiger partial charge is 0.274 e. The molecule has 6 aromatic carbocycles. The molecule has 3 saturated heterocycles. The monoisotopic (exact) mass is 1090 g/mol. The molecule has 3 fully saturated rings. The Bertz CT molecular complexity index is 2950. The van der Waals surface area contributed by atoms with Crippen LogP contribution in [0.25, 0.3) is 0 Å². The molecule has 7 aromatic rings. The van der Waals surface area contributed by atoms with E-state index in [0.29, 0.717) is 51.4 Å². The lowest BCUT2D eigenvalue weighted by Crippen LogP contribution is -2.28. The summed E-state index contributed by atoms with van der Waals surface area (Å²) in [4.78, 5) is 34.1. The van der Waals surface area contributed by atoms with Gasteiger partial charge in [0.2, 0.25) is 0 Å². The van der Waals surface area contributed by atoms with Crippen molar-refractivity contribution in [2.24, 2.45) is 0 Å². The Morgan fingerprint density at radius 1 is 0.429 bits per heavy atom. The van der Waals surface area contributed by atoms with Crippen molar-refractivity contribution < 1.29 is 32.5 Å². The molecule has 0 saturated carbocycles. The molecule has 0 N–H and O–H groups in total. The Morgan fingerprint density at radius 2 is 0.753 bits per heavy atom. The van der Waals surface area contributed by atoms with Crippen LogP contribution in [0.2, 0.25) is 0 Å². The SMILES string of the molecule is C/C=C/C(CC=O)P1(=O)N(c2ccccc2)CCN1c1ccccc1.CCCC(CC=O)P1(=O)N(c2ccccc2)CCN1c1ccccc1.O=CCC(c1ccco1)P1(=O)N(c2ccccc2)CCN1c1ccccc1. The Labute approximate surface area is 454 Å². The third kappa shape index (κ3) is 12.0. The summed E-state index contributed by atoms with van der Waals surface area (Å²) in [7, 11) is -9.18. The number of hydrogen-bond donors (Lipinski definition) is 0. The summed E-state index contributed by atoms with van der Waals surface area (Å²) in [6.45, 7) is 7.97. The summed E-state index contributed by atoms with van der Waals surface area (Å²) in [5.74, 6) is 0.578. The van der Waals surface area contributed by atoms with E-state index in [1.165, 1.54) is 0 Å². The van der Waals surface area contributed by atoms with E-state index in [9.17, 15) is 28.1 Å². The van der Waals surface area contributed by atoms with Gasteiger partial charge in [-0.3, -0.25) is 13.7 Å². The highest BCUT2D eigenvalue weighted by molar-refractivity contribution is 7.69. The quantitative estimate of drug-likeness (QED) is 0.0432. The van der Waals surface area contributed by atoms with Gasteiger partial charge >= 0.3 is 0 Å². The van der Waals surface area contributed by atoms with Gasteiger partial charge in [0.15, 0.2) is 0 Å². The van der Waals surface area contributed by atoms with Gasteiger partial charge in [0, 0.05) is 92.7 Å². The van der Waals surface area contributed by atoms with Crippen molar-refractivity contribution in [2.75, 3.05) is 67.3 Å². The van der Waals surface area contributed by atoms with Gasteiger partial charge in [0.25, 0.3) is 22.3 Å². The number of furan rings is 1. The van der Waals surface area contributed by atoms with Crippen LogP contribution in [-0.2, 0) is 28.1 Å².